The van der Waals surface area contributed by atoms with Gasteiger partial charge in [-0.05, 0) is 49.1 Å². The average molecular weight is 392 g/mol. The molecule has 0 aromatic heterocycles. The Morgan fingerprint density at radius 2 is 1.62 bits per heavy atom. The van der Waals surface area contributed by atoms with Crippen LogP contribution in [0.3, 0.4) is 0 Å². The first-order chi connectivity index (χ1) is 14.2. The molecule has 1 saturated carbocycles. The Kier molecular flexibility index (Phi) is 6.28. The Labute approximate surface area is 172 Å². The molecule has 4 rings (SSSR count). The van der Waals surface area contributed by atoms with Crippen LogP contribution in [-0.4, -0.2) is 28.9 Å². The molecule has 0 spiro atoms. The van der Waals surface area contributed by atoms with Crippen molar-refractivity contribution < 1.29 is 14.3 Å². The van der Waals surface area contributed by atoms with Crippen molar-refractivity contribution in [2.45, 2.75) is 63.6 Å². The van der Waals surface area contributed by atoms with E-state index >= 15 is 0 Å². The van der Waals surface area contributed by atoms with Crippen LogP contribution in [0.25, 0.3) is 0 Å². The molecule has 0 unspecified atom stereocenters. The van der Waals surface area contributed by atoms with Crippen molar-refractivity contribution in [1.29, 1.82) is 0 Å². The number of esters is 1. The second-order valence-electron chi connectivity index (χ2n) is 8.24. The largest absolute Gasteiger partial charge is 0.459 e. The van der Waals surface area contributed by atoms with Crippen LogP contribution >= 0.6 is 0 Å². The number of amides is 1. The number of hydrogen-bond donors (Lipinski definition) is 0. The first-order valence-corrected chi connectivity index (χ1v) is 10.8. The van der Waals surface area contributed by atoms with Gasteiger partial charge in [-0.25, -0.2) is 4.79 Å². The summed E-state index contributed by atoms with van der Waals surface area (Å²) in [5.41, 5.74) is 2.22. The number of carbonyl (C=O) groups is 2. The van der Waals surface area contributed by atoms with E-state index in [1.54, 1.807) is 0 Å². The number of rotatable bonds is 7. The molecule has 2 aromatic carbocycles. The van der Waals surface area contributed by atoms with Gasteiger partial charge in [0.05, 0.1) is 0 Å². The standard InChI is InChI=1S/C25H29NO3/c27-24(16-7-13-19-9-3-1-4-10-19)26-22-15-8-14-21(22)17-23(26)25(28)29-18-20-11-5-2-6-12-20/h1-6,9-12,21-23H,7-8,13-18H2/t21-,22-,23-/m0/s1. The Hall–Kier alpha value is -2.62. The van der Waals surface area contributed by atoms with E-state index in [4.69, 9.17) is 4.74 Å². The highest BCUT2D eigenvalue weighted by molar-refractivity contribution is 5.85. The van der Waals surface area contributed by atoms with Crippen LogP contribution in [0, 0.1) is 5.92 Å². The van der Waals surface area contributed by atoms with Crippen LogP contribution in [0.1, 0.15) is 49.7 Å². The zero-order valence-electron chi connectivity index (χ0n) is 16.8. The first-order valence-electron chi connectivity index (χ1n) is 10.8. The van der Waals surface area contributed by atoms with Crippen LogP contribution in [0.2, 0.25) is 0 Å². The molecule has 4 nitrogen and oxygen atoms in total. The fourth-order valence-corrected chi connectivity index (χ4v) is 4.90. The fraction of sp³-hybridized carbons (Fsp3) is 0.440. The Morgan fingerprint density at radius 3 is 2.34 bits per heavy atom. The third-order valence-corrected chi connectivity index (χ3v) is 6.32. The minimum atomic E-state index is -0.418. The van der Waals surface area contributed by atoms with Gasteiger partial charge in [-0.3, -0.25) is 4.79 Å². The highest BCUT2D eigenvalue weighted by Gasteiger charge is 2.48. The van der Waals surface area contributed by atoms with Gasteiger partial charge in [-0.15, -0.1) is 0 Å². The van der Waals surface area contributed by atoms with Gasteiger partial charge in [0.15, 0.2) is 0 Å². The second-order valence-corrected chi connectivity index (χ2v) is 8.24. The normalized spacial score (nSPS) is 23.0. The molecule has 29 heavy (non-hydrogen) atoms. The number of carbonyl (C=O) groups excluding carboxylic acids is 2. The average Bonchev–Trinajstić information content (AvgIpc) is 3.35. The number of ether oxygens (including phenoxy) is 1. The summed E-state index contributed by atoms with van der Waals surface area (Å²) in [6, 6.07) is 19.8. The van der Waals surface area contributed by atoms with Crippen molar-refractivity contribution >= 4 is 11.9 Å². The Bertz CT molecular complexity index is 820. The van der Waals surface area contributed by atoms with Crippen LogP contribution in [0.5, 0.6) is 0 Å². The van der Waals surface area contributed by atoms with Gasteiger partial charge >= 0.3 is 5.97 Å². The highest BCUT2D eigenvalue weighted by Crippen LogP contribution is 2.42. The van der Waals surface area contributed by atoms with E-state index in [9.17, 15) is 9.59 Å². The summed E-state index contributed by atoms with van der Waals surface area (Å²) in [7, 11) is 0. The molecule has 152 valence electrons. The second kappa shape index (κ2) is 9.25. The smallest absolute Gasteiger partial charge is 0.329 e. The van der Waals surface area contributed by atoms with Gasteiger partial charge in [0.1, 0.15) is 12.6 Å². The van der Waals surface area contributed by atoms with Gasteiger partial charge in [-0.2, -0.15) is 0 Å². The predicted octanol–water partition coefficient (Wildman–Crippen LogP) is 4.52. The minimum absolute atomic E-state index is 0.108. The van der Waals surface area contributed by atoms with E-state index in [1.165, 1.54) is 5.56 Å². The van der Waals surface area contributed by atoms with Gasteiger partial charge in [0.2, 0.25) is 5.91 Å². The lowest BCUT2D eigenvalue weighted by Gasteiger charge is -2.29. The summed E-state index contributed by atoms with van der Waals surface area (Å²) in [6.45, 7) is 0.265. The van der Waals surface area contributed by atoms with Crippen molar-refractivity contribution in [1.82, 2.24) is 4.90 Å². The maximum Gasteiger partial charge on any atom is 0.329 e. The summed E-state index contributed by atoms with van der Waals surface area (Å²) >= 11 is 0. The molecule has 1 aliphatic carbocycles. The van der Waals surface area contributed by atoms with Gasteiger partial charge in [0, 0.05) is 12.5 Å². The number of aryl methyl sites for hydroxylation is 1. The van der Waals surface area contributed by atoms with Gasteiger partial charge in [0.25, 0.3) is 0 Å². The number of fused-ring (bicyclic) bond motifs is 1. The lowest BCUT2D eigenvalue weighted by atomic mass is 10.0. The summed E-state index contributed by atoms with van der Waals surface area (Å²) in [4.78, 5) is 27.8. The summed E-state index contributed by atoms with van der Waals surface area (Å²) in [6.07, 6.45) is 6.21. The van der Waals surface area contributed by atoms with Gasteiger partial charge in [-0.1, -0.05) is 67.1 Å². The summed E-state index contributed by atoms with van der Waals surface area (Å²) in [5, 5.41) is 0. The molecule has 0 bridgehead atoms. The third-order valence-electron chi connectivity index (χ3n) is 6.32. The van der Waals surface area contributed by atoms with Crippen LogP contribution in [0.15, 0.2) is 60.7 Å². The van der Waals surface area contributed by atoms with E-state index in [0.29, 0.717) is 12.3 Å². The Morgan fingerprint density at radius 1 is 0.931 bits per heavy atom. The maximum atomic E-state index is 13.1. The monoisotopic (exact) mass is 391 g/mol. The fourth-order valence-electron chi connectivity index (χ4n) is 4.90. The predicted molar refractivity (Wildman–Crippen MR) is 112 cm³/mol. The number of hydrogen-bond acceptors (Lipinski definition) is 3. The van der Waals surface area contributed by atoms with E-state index < -0.39 is 6.04 Å². The van der Waals surface area contributed by atoms with Crippen LogP contribution in [0.4, 0.5) is 0 Å². The highest BCUT2D eigenvalue weighted by atomic mass is 16.5. The molecular formula is C25H29NO3. The topological polar surface area (TPSA) is 46.6 Å². The zero-order valence-corrected chi connectivity index (χ0v) is 16.8. The van der Waals surface area contributed by atoms with E-state index in [2.05, 4.69) is 12.1 Å². The molecular weight excluding hydrogens is 362 g/mol. The minimum Gasteiger partial charge on any atom is -0.459 e. The molecule has 2 aromatic rings. The summed E-state index contributed by atoms with van der Waals surface area (Å²) in [5.74, 6) is 0.305. The molecule has 0 radical (unpaired) electrons. The molecule has 4 heteroatoms. The molecule has 2 aliphatic rings. The molecule has 1 heterocycles. The Balaban J connectivity index is 1.36. The molecule has 0 N–H and O–H groups in total. The SMILES string of the molecule is O=C(OCc1ccccc1)[C@@H]1C[C@@H]2CCC[C@@H]2N1C(=O)CCCc1ccccc1. The molecule has 1 amide bonds. The van der Waals surface area contributed by atoms with E-state index in [0.717, 1.165) is 44.1 Å². The van der Waals surface area contributed by atoms with Crippen molar-refractivity contribution in [3.05, 3.63) is 71.8 Å². The van der Waals surface area contributed by atoms with Gasteiger partial charge < -0.3 is 9.64 Å². The van der Waals surface area contributed by atoms with Crippen molar-refractivity contribution in [3.63, 3.8) is 0 Å². The van der Waals surface area contributed by atoms with Crippen LogP contribution in [-0.2, 0) is 27.4 Å². The molecule has 1 saturated heterocycles. The lowest BCUT2D eigenvalue weighted by Crippen LogP contribution is -2.45. The van der Waals surface area contributed by atoms with Crippen molar-refractivity contribution in [2.75, 3.05) is 0 Å². The zero-order chi connectivity index (χ0) is 20.1. The number of likely N-dealkylation sites (tertiary alicyclic amines) is 1. The van der Waals surface area contributed by atoms with Crippen molar-refractivity contribution in [2.24, 2.45) is 5.92 Å². The lowest BCUT2D eigenvalue weighted by molar-refractivity contribution is -0.155. The third kappa shape index (κ3) is 4.69. The van der Waals surface area contributed by atoms with E-state index in [1.807, 2.05) is 53.4 Å². The molecule has 1 aliphatic heterocycles. The van der Waals surface area contributed by atoms with Crippen molar-refractivity contribution in [3.8, 4) is 0 Å². The van der Waals surface area contributed by atoms with E-state index in [-0.39, 0.29) is 24.5 Å². The quantitative estimate of drug-likeness (QED) is 0.652. The number of benzene rings is 2. The number of nitrogens with zero attached hydrogens (tertiary/aromatic N) is 1. The summed E-state index contributed by atoms with van der Waals surface area (Å²) < 4.78 is 5.60. The molecule has 3 atom stereocenters. The molecule has 2 fully saturated rings. The van der Waals surface area contributed by atoms with Crippen LogP contribution < -0.4 is 0 Å². The maximum absolute atomic E-state index is 13.1. The first kappa shape index (κ1) is 19.7.